The first-order valence-corrected chi connectivity index (χ1v) is 6.20. The maximum absolute atomic E-state index is 12.3. The van der Waals surface area contributed by atoms with Gasteiger partial charge < -0.3 is 11.1 Å². The largest absolute Gasteiger partial charge is 0.330 e. The van der Waals surface area contributed by atoms with Gasteiger partial charge in [-0.15, -0.1) is 0 Å². The number of anilines is 1. The van der Waals surface area contributed by atoms with Crippen molar-refractivity contribution in [3.05, 3.63) is 29.3 Å². The highest BCUT2D eigenvalue weighted by molar-refractivity contribution is 6.03. The normalized spacial score (nSPS) is 15.4. The third-order valence-corrected chi connectivity index (χ3v) is 3.41. The third-order valence-electron chi connectivity index (χ3n) is 3.41. The Bertz CT molecular complexity index is 495. The van der Waals surface area contributed by atoms with Crippen molar-refractivity contribution in [3.8, 4) is 0 Å². The third kappa shape index (κ3) is 2.29. The van der Waals surface area contributed by atoms with Gasteiger partial charge in [-0.05, 0) is 29.7 Å². The second-order valence-electron chi connectivity index (χ2n) is 5.05. The smallest absolute Gasteiger partial charge is 0.228 e. The number of carbonyl (C=O) groups is 2. The van der Waals surface area contributed by atoms with Crippen LogP contribution in [-0.4, -0.2) is 18.2 Å². The molecular formula is C14H18N2O2. The Morgan fingerprint density at radius 2 is 2.17 bits per heavy atom. The fourth-order valence-electron chi connectivity index (χ4n) is 2.28. The SMILES string of the molecule is CC(C)C(CN)C(=O)c1ccc2c(c1)CC(=O)N2. The molecule has 1 atom stereocenters. The number of rotatable bonds is 4. The predicted octanol–water partition coefficient (Wildman–Crippen LogP) is 1.59. The summed E-state index contributed by atoms with van der Waals surface area (Å²) in [5.41, 5.74) is 8.01. The van der Waals surface area contributed by atoms with Crippen LogP contribution in [0.5, 0.6) is 0 Å². The van der Waals surface area contributed by atoms with Gasteiger partial charge in [0, 0.05) is 23.7 Å². The molecular weight excluding hydrogens is 228 g/mol. The van der Waals surface area contributed by atoms with Gasteiger partial charge in [0.1, 0.15) is 0 Å². The van der Waals surface area contributed by atoms with Crippen LogP contribution in [0.25, 0.3) is 0 Å². The number of benzene rings is 1. The summed E-state index contributed by atoms with van der Waals surface area (Å²) < 4.78 is 0. The van der Waals surface area contributed by atoms with E-state index in [-0.39, 0.29) is 23.5 Å². The molecule has 1 aromatic rings. The molecule has 1 amide bonds. The van der Waals surface area contributed by atoms with E-state index < -0.39 is 0 Å². The molecule has 0 saturated heterocycles. The molecule has 1 aromatic carbocycles. The van der Waals surface area contributed by atoms with E-state index in [2.05, 4.69) is 5.32 Å². The van der Waals surface area contributed by atoms with E-state index >= 15 is 0 Å². The lowest BCUT2D eigenvalue weighted by Gasteiger charge is -2.17. The zero-order valence-electron chi connectivity index (χ0n) is 10.7. The van der Waals surface area contributed by atoms with Crippen molar-refractivity contribution in [2.45, 2.75) is 20.3 Å². The predicted molar refractivity (Wildman–Crippen MR) is 70.5 cm³/mol. The Balaban J connectivity index is 2.27. The van der Waals surface area contributed by atoms with E-state index in [9.17, 15) is 9.59 Å². The molecule has 96 valence electrons. The standard InChI is InChI=1S/C14H18N2O2/c1-8(2)11(7-15)14(18)9-3-4-12-10(5-9)6-13(17)16-12/h3-5,8,11H,6-7,15H2,1-2H3,(H,16,17). The fourth-order valence-corrected chi connectivity index (χ4v) is 2.28. The minimum atomic E-state index is -0.159. The summed E-state index contributed by atoms with van der Waals surface area (Å²) in [5, 5.41) is 2.75. The maximum atomic E-state index is 12.3. The van der Waals surface area contributed by atoms with Crippen molar-refractivity contribution < 1.29 is 9.59 Å². The first-order chi connectivity index (χ1) is 8.52. The van der Waals surface area contributed by atoms with Crippen LogP contribution in [0.3, 0.4) is 0 Å². The molecule has 1 aliphatic rings. The lowest BCUT2D eigenvalue weighted by Crippen LogP contribution is -2.28. The Labute approximate surface area is 107 Å². The number of nitrogens with two attached hydrogens (primary N) is 1. The average molecular weight is 246 g/mol. The van der Waals surface area contributed by atoms with Crippen molar-refractivity contribution in [2.75, 3.05) is 11.9 Å². The molecule has 18 heavy (non-hydrogen) atoms. The van der Waals surface area contributed by atoms with Crippen molar-refractivity contribution in [2.24, 2.45) is 17.6 Å². The van der Waals surface area contributed by atoms with Crippen molar-refractivity contribution >= 4 is 17.4 Å². The molecule has 0 radical (unpaired) electrons. The van der Waals surface area contributed by atoms with Gasteiger partial charge in [0.15, 0.2) is 5.78 Å². The molecule has 3 N–H and O–H groups in total. The highest BCUT2D eigenvalue weighted by Crippen LogP contribution is 2.26. The van der Waals surface area contributed by atoms with Crippen LogP contribution in [0.2, 0.25) is 0 Å². The maximum Gasteiger partial charge on any atom is 0.228 e. The summed E-state index contributed by atoms with van der Waals surface area (Å²) in [6.07, 6.45) is 0.353. The zero-order valence-corrected chi connectivity index (χ0v) is 10.7. The van der Waals surface area contributed by atoms with E-state index in [0.29, 0.717) is 18.5 Å². The lowest BCUT2D eigenvalue weighted by molar-refractivity contribution is -0.115. The molecule has 0 aromatic heterocycles. The number of nitrogens with one attached hydrogen (secondary N) is 1. The molecule has 0 bridgehead atoms. The lowest BCUT2D eigenvalue weighted by atomic mass is 9.87. The summed E-state index contributed by atoms with van der Waals surface area (Å²) in [6.45, 7) is 4.34. The van der Waals surface area contributed by atoms with E-state index in [1.807, 2.05) is 13.8 Å². The van der Waals surface area contributed by atoms with E-state index in [4.69, 9.17) is 5.73 Å². The van der Waals surface area contributed by atoms with Gasteiger partial charge in [-0.3, -0.25) is 9.59 Å². The Morgan fingerprint density at radius 3 is 2.78 bits per heavy atom. The van der Waals surface area contributed by atoms with Crippen LogP contribution in [0.1, 0.15) is 29.8 Å². The Morgan fingerprint density at radius 1 is 1.44 bits per heavy atom. The first-order valence-electron chi connectivity index (χ1n) is 6.20. The van der Waals surface area contributed by atoms with Gasteiger partial charge in [0.25, 0.3) is 0 Å². The molecule has 1 aliphatic heterocycles. The Hall–Kier alpha value is -1.68. The van der Waals surface area contributed by atoms with E-state index in [1.54, 1.807) is 18.2 Å². The van der Waals surface area contributed by atoms with Gasteiger partial charge >= 0.3 is 0 Å². The molecule has 4 heteroatoms. The molecule has 0 fully saturated rings. The summed E-state index contributed by atoms with van der Waals surface area (Å²) in [7, 11) is 0. The van der Waals surface area contributed by atoms with Gasteiger partial charge in [0.05, 0.1) is 6.42 Å². The molecule has 1 unspecified atom stereocenters. The van der Waals surface area contributed by atoms with Gasteiger partial charge in [0.2, 0.25) is 5.91 Å². The number of hydrogen-bond acceptors (Lipinski definition) is 3. The summed E-state index contributed by atoms with van der Waals surface area (Å²) in [6, 6.07) is 5.36. The summed E-state index contributed by atoms with van der Waals surface area (Å²) >= 11 is 0. The number of carbonyl (C=O) groups excluding carboxylic acids is 2. The van der Waals surface area contributed by atoms with E-state index in [0.717, 1.165) is 11.3 Å². The molecule has 4 nitrogen and oxygen atoms in total. The Kier molecular flexibility index (Phi) is 3.48. The highest BCUT2D eigenvalue weighted by atomic mass is 16.1. The van der Waals surface area contributed by atoms with Crippen LogP contribution >= 0.6 is 0 Å². The monoisotopic (exact) mass is 246 g/mol. The number of Topliss-reactive ketones (excluding diaryl/α,β-unsaturated/α-hetero) is 1. The average Bonchev–Trinajstić information content (AvgIpc) is 2.68. The number of ketones is 1. The van der Waals surface area contributed by atoms with Crippen LogP contribution in [-0.2, 0) is 11.2 Å². The molecule has 0 spiro atoms. The minimum absolute atomic E-state index is 0.0196. The molecule has 0 aliphatic carbocycles. The number of amides is 1. The topological polar surface area (TPSA) is 72.2 Å². The first kappa shape index (κ1) is 12.8. The second kappa shape index (κ2) is 4.90. The second-order valence-corrected chi connectivity index (χ2v) is 5.05. The van der Waals surface area contributed by atoms with Crippen LogP contribution in [0.4, 0.5) is 5.69 Å². The quantitative estimate of drug-likeness (QED) is 0.792. The minimum Gasteiger partial charge on any atom is -0.330 e. The molecule has 2 rings (SSSR count). The van der Waals surface area contributed by atoms with E-state index in [1.165, 1.54) is 0 Å². The highest BCUT2D eigenvalue weighted by Gasteiger charge is 2.24. The van der Waals surface area contributed by atoms with Crippen LogP contribution < -0.4 is 11.1 Å². The molecule has 1 heterocycles. The molecule has 0 saturated carbocycles. The summed E-state index contributed by atoms with van der Waals surface area (Å²) in [4.78, 5) is 23.6. The van der Waals surface area contributed by atoms with Gasteiger partial charge in [-0.2, -0.15) is 0 Å². The number of hydrogen-bond donors (Lipinski definition) is 2. The van der Waals surface area contributed by atoms with Crippen molar-refractivity contribution in [3.63, 3.8) is 0 Å². The van der Waals surface area contributed by atoms with Crippen molar-refractivity contribution in [1.82, 2.24) is 0 Å². The van der Waals surface area contributed by atoms with Gasteiger partial charge in [-0.25, -0.2) is 0 Å². The van der Waals surface area contributed by atoms with Crippen molar-refractivity contribution in [1.29, 1.82) is 0 Å². The van der Waals surface area contributed by atoms with Crippen LogP contribution in [0.15, 0.2) is 18.2 Å². The number of fused-ring (bicyclic) bond motifs is 1. The zero-order chi connectivity index (χ0) is 13.3. The summed E-state index contributed by atoms with van der Waals surface area (Å²) in [5.74, 6) is 0.104. The fraction of sp³-hybridized carbons (Fsp3) is 0.429. The van der Waals surface area contributed by atoms with Crippen LogP contribution in [0, 0.1) is 11.8 Å². The van der Waals surface area contributed by atoms with Gasteiger partial charge in [-0.1, -0.05) is 13.8 Å².